The van der Waals surface area contributed by atoms with Crippen molar-refractivity contribution in [3.63, 3.8) is 0 Å². The van der Waals surface area contributed by atoms with Gasteiger partial charge in [0.25, 0.3) is 0 Å². The van der Waals surface area contributed by atoms with Crippen molar-refractivity contribution in [3.8, 4) is 0 Å². The summed E-state index contributed by atoms with van der Waals surface area (Å²) in [6.45, 7) is 0.0822. The van der Waals surface area contributed by atoms with E-state index in [1.54, 1.807) is 0 Å². The maximum Gasteiger partial charge on any atom is 0.411 e. The van der Waals surface area contributed by atoms with Crippen LogP contribution in [-0.4, -0.2) is 45.1 Å². The van der Waals surface area contributed by atoms with Crippen LogP contribution < -0.4 is 5.32 Å². The summed E-state index contributed by atoms with van der Waals surface area (Å²) in [6.07, 6.45) is -4.95. The van der Waals surface area contributed by atoms with E-state index in [-0.39, 0.29) is 19.1 Å². The van der Waals surface area contributed by atoms with Gasteiger partial charge in [-0.05, 0) is 6.92 Å². The summed E-state index contributed by atoms with van der Waals surface area (Å²) in [7, 11) is 1.37. The quantitative estimate of drug-likeness (QED) is 0.682. The number of nitrogens with one attached hydrogen (secondary N) is 1. The van der Waals surface area contributed by atoms with E-state index in [0.29, 0.717) is 0 Å². The molecule has 0 fully saturated rings. The van der Waals surface area contributed by atoms with E-state index < -0.39 is 18.9 Å². The molecule has 0 aromatic heterocycles. The van der Waals surface area contributed by atoms with Gasteiger partial charge in [-0.25, -0.2) is 0 Å². The van der Waals surface area contributed by atoms with E-state index in [9.17, 15) is 18.0 Å². The molecule has 4 nitrogen and oxygen atoms in total. The largest absolute Gasteiger partial charge is 0.411 e. The molecule has 0 aliphatic rings. The van der Waals surface area contributed by atoms with Crippen LogP contribution in [0.25, 0.3) is 0 Å². The van der Waals surface area contributed by atoms with Crippen LogP contribution in [0.3, 0.4) is 0 Å². The zero-order valence-electron chi connectivity index (χ0n) is 8.56. The molecule has 1 N–H and O–H groups in total. The minimum atomic E-state index is -4.33. The molecule has 0 aromatic rings. The third-order valence-corrected chi connectivity index (χ3v) is 1.53. The molecule has 90 valence electrons. The molecular formula is C8H14F3NO3. The van der Waals surface area contributed by atoms with Crippen molar-refractivity contribution in [3.05, 3.63) is 0 Å². The molecule has 1 atom stereocenters. The predicted molar refractivity (Wildman–Crippen MR) is 46.4 cm³/mol. The molecule has 0 spiro atoms. The molecule has 0 aromatic carbocycles. The van der Waals surface area contributed by atoms with Gasteiger partial charge in [-0.15, -0.1) is 0 Å². The number of halogens is 3. The summed E-state index contributed by atoms with van der Waals surface area (Å²) in [4.78, 5) is 11.0. The Morgan fingerprint density at radius 3 is 2.53 bits per heavy atom. The third-order valence-electron chi connectivity index (χ3n) is 1.53. The van der Waals surface area contributed by atoms with Crippen molar-refractivity contribution in [1.82, 2.24) is 5.32 Å². The third kappa shape index (κ3) is 8.19. The first kappa shape index (κ1) is 14.2. The molecule has 0 rings (SSSR count). The predicted octanol–water partition coefficient (Wildman–Crippen LogP) is 0.716. The van der Waals surface area contributed by atoms with Crippen LogP contribution in [0, 0.1) is 0 Å². The van der Waals surface area contributed by atoms with E-state index >= 15 is 0 Å². The number of hydrogen-bond acceptors (Lipinski definition) is 3. The molecule has 15 heavy (non-hydrogen) atoms. The normalized spacial score (nSPS) is 13.7. The number of ether oxygens (including phenoxy) is 2. The molecule has 7 heteroatoms. The van der Waals surface area contributed by atoms with Gasteiger partial charge < -0.3 is 14.8 Å². The van der Waals surface area contributed by atoms with Gasteiger partial charge in [0, 0.05) is 13.7 Å². The maximum absolute atomic E-state index is 11.6. The standard InChI is InChI=1S/C8H14F3NO3/c1-6(14-2)7(13)12-3-4-15-5-8(9,10)11/h6H,3-5H2,1-2H3,(H,12,13). The summed E-state index contributed by atoms with van der Waals surface area (Å²) < 4.78 is 43.7. The van der Waals surface area contributed by atoms with Crippen molar-refractivity contribution < 1.29 is 27.4 Å². The SMILES string of the molecule is COC(C)C(=O)NCCOCC(F)(F)F. The Balaban J connectivity index is 3.43. The summed E-state index contributed by atoms with van der Waals surface area (Å²) in [5.41, 5.74) is 0. The van der Waals surface area contributed by atoms with Crippen molar-refractivity contribution >= 4 is 5.91 Å². The Morgan fingerprint density at radius 2 is 2.07 bits per heavy atom. The van der Waals surface area contributed by atoms with Gasteiger partial charge in [0.15, 0.2) is 0 Å². The van der Waals surface area contributed by atoms with Crippen molar-refractivity contribution in [2.24, 2.45) is 0 Å². The molecule has 1 amide bonds. The topological polar surface area (TPSA) is 47.6 Å². The number of methoxy groups -OCH3 is 1. The van der Waals surface area contributed by atoms with Crippen LogP contribution in [0.5, 0.6) is 0 Å². The number of amides is 1. The van der Waals surface area contributed by atoms with Crippen LogP contribution in [0.2, 0.25) is 0 Å². The van der Waals surface area contributed by atoms with Gasteiger partial charge in [0.2, 0.25) is 5.91 Å². The second-order valence-corrected chi connectivity index (χ2v) is 2.84. The second-order valence-electron chi connectivity index (χ2n) is 2.84. The molecule has 0 bridgehead atoms. The summed E-state index contributed by atoms with van der Waals surface area (Å²) in [5.74, 6) is -0.381. The summed E-state index contributed by atoms with van der Waals surface area (Å²) >= 11 is 0. The Kier molecular flexibility index (Phi) is 6.26. The van der Waals surface area contributed by atoms with Gasteiger partial charge in [0.1, 0.15) is 12.7 Å². The van der Waals surface area contributed by atoms with E-state index in [1.165, 1.54) is 14.0 Å². The van der Waals surface area contributed by atoms with E-state index in [1.807, 2.05) is 0 Å². The maximum atomic E-state index is 11.6. The van der Waals surface area contributed by atoms with E-state index in [4.69, 9.17) is 4.74 Å². The van der Waals surface area contributed by atoms with E-state index in [2.05, 4.69) is 10.1 Å². The van der Waals surface area contributed by atoms with Gasteiger partial charge in [0.05, 0.1) is 6.61 Å². The zero-order chi connectivity index (χ0) is 11.9. The van der Waals surface area contributed by atoms with Crippen molar-refractivity contribution in [2.45, 2.75) is 19.2 Å². The molecule has 0 saturated carbocycles. The molecule has 1 unspecified atom stereocenters. The van der Waals surface area contributed by atoms with E-state index in [0.717, 1.165) is 0 Å². The lowest BCUT2D eigenvalue weighted by Gasteiger charge is -2.11. The minimum Gasteiger partial charge on any atom is -0.372 e. The summed E-state index contributed by atoms with van der Waals surface area (Å²) in [5, 5.41) is 2.36. The first-order valence-electron chi connectivity index (χ1n) is 4.32. The molecule has 0 saturated heterocycles. The molecule has 0 aliphatic carbocycles. The van der Waals surface area contributed by atoms with Gasteiger partial charge in [-0.2, -0.15) is 13.2 Å². The fourth-order valence-electron chi connectivity index (χ4n) is 0.685. The monoisotopic (exact) mass is 229 g/mol. The lowest BCUT2D eigenvalue weighted by Crippen LogP contribution is -2.36. The number of hydrogen-bond donors (Lipinski definition) is 1. The van der Waals surface area contributed by atoms with Crippen LogP contribution >= 0.6 is 0 Å². The average Bonchev–Trinajstić information content (AvgIpc) is 2.14. The van der Waals surface area contributed by atoms with Crippen LogP contribution in [0.4, 0.5) is 13.2 Å². The molecule has 0 aliphatic heterocycles. The highest BCUT2D eigenvalue weighted by Crippen LogP contribution is 2.13. The summed E-state index contributed by atoms with van der Waals surface area (Å²) in [6, 6.07) is 0. The van der Waals surface area contributed by atoms with Gasteiger partial charge >= 0.3 is 6.18 Å². The zero-order valence-corrected chi connectivity index (χ0v) is 8.56. The Bertz CT molecular complexity index is 196. The number of carbonyl (C=O) groups is 1. The fourth-order valence-corrected chi connectivity index (χ4v) is 0.685. The highest BCUT2D eigenvalue weighted by molar-refractivity contribution is 5.80. The van der Waals surface area contributed by atoms with Crippen LogP contribution in [0.15, 0.2) is 0 Å². The van der Waals surface area contributed by atoms with Gasteiger partial charge in [-0.3, -0.25) is 4.79 Å². The minimum absolute atomic E-state index is 0.0304. The number of rotatable bonds is 6. The Hall–Kier alpha value is -0.820. The number of alkyl halides is 3. The highest BCUT2D eigenvalue weighted by atomic mass is 19.4. The molecule has 0 radical (unpaired) electrons. The number of carbonyl (C=O) groups excluding carboxylic acids is 1. The lowest BCUT2D eigenvalue weighted by molar-refractivity contribution is -0.173. The van der Waals surface area contributed by atoms with Crippen LogP contribution in [-0.2, 0) is 14.3 Å². The highest BCUT2D eigenvalue weighted by Gasteiger charge is 2.27. The molecular weight excluding hydrogens is 215 g/mol. The first-order valence-corrected chi connectivity index (χ1v) is 4.32. The van der Waals surface area contributed by atoms with Crippen molar-refractivity contribution in [2.75, 3.05) is 26.9 Å². The first-order chi connectivity index (χ1) is 6.87. The van der Waals surface area contributed by atoms with Crippen LogP contribution in [0.1, 0.15) is 6.92 Å². The smallest absolute Gasteiger partial charge is 0.372 e. The van der Waals surface area contributed by atoms with Gasteiger partial charge in [-0.1, -0.05) is 0 Å². The Labute approximate surface area is 85.7 Å². The average molecular weight is 229 g/mol. The molecule has 0 heterocycles. The lowest BCUT2D eigenvalue weighted by atomic mass is 10.4. The fraction of sp³-hybridized carbons (Fsp3) is 0.875. The second kappa shape index (κ2) is 6.62. The Morgan fingerprint density at radius 1 is 1.47 bits per heavy atom. The van der Waals surface area contributed by atoms with Crippen molar-refractivity contribution in [1.29, 1.82) is 0 Å².